The average molecular weight is 436 g/mol. The Labute approximate surface area is 178 Å². The number of hydrogen-bond donors (Lipinski definition) is 2. The number of aromatic nitrogens is 1. The summed E-state index contributed by atoms with van der Waals surface area (Å²) in [5, 5.41) is 6.87. The lowest BCUT2D eigenvalue weighted by atomic mass is 10.2. The molecular formula is C20H19Cl2N3O2S. The van der Waals surface area contributed by atoms with E-state index in [-0.39, 0.29) is 11.0 Å². The summed E-state index contributed by atoms with van der Waals surface area (Å²) in [7, 11) is 0. The van der Waals surface area contributed by atoms with Crippen LogP contribution in [0.15, 0.2) is 40.8 Å². The number of oxazole rings is 1. The highest BCUT2D eigenvalue weighted by Gasteiger charge is 2.12. The summed E-state index contributed by atoms with van der Waals surface area (Å²) < 4.78 is 5.76. The van der Waals surface area contributed by atoms with Gasteiger partial charge in [-0.2, -0.15) is 0 Å². The third-order valence-electron chi connectivity index (χ3n) is 4.06. The molecule has 0 saturated carbocycles. The minimum absolute atomic E-state index is 0.0791. The summed E-state index contributed by atoms with van der Waals surface area (Å²) in [6.07, 6.45) is 3.43. The number of fused-ring (bicyclic) bond motifs is 1. The summed E-state index contributed by atoms with van der Waals surface area (Å²) in [5.74, 6) is 0.363. The second-order valence-electron chi connectivity index (χ2n) is 6.29. The molecule has 28 heavy (non-hydrogen) atoms. The Balaban J connectivity index is 1.64. The number of benzene rings is 2. The number of nitrogens with one attached hydrogen (secondary N) is 2. The van der Waals surface area contributed by atoms with Gasteiger partial charge < -0.3 is 15.1 Å². The molecule has 1 heterocycles. The fourth-order valence-electron chi connectivity index (χ4n) is 2.67. The van der Waals surface area contributed by atoms with Crippen LogP contribution in [0.1, 0.15) is 32.6 Å². The lowest BCUT2D eigenvalue weighted by Crippen LogP contribution is -2.33. The zero-order valence-electron chi connectivity index (χ0n) is 15.2. The molecule has 0 unspecified atom stereocenters. The number of anilines is 1. The number of nitrogens with zero attached hydrogens (tertiary/aromatic N) is 1. The fraction of sp³-hybridized carbons (Fsp3) is 0.250. The van der Waals surface area contributed by atoms with E-state index in [1.807, 2.05) is 24.3 Å². The average Bonchev–Trinajstić information content (AvgIpc) is 3.06. The molecule has 0 aliphatic carbocycles. The molecule has 2 aromatic carbocycles. The number of unbranched alkanes of at least 4 members (excludes halogenated alkanes) is 2. The number of halogens is 2. The topological polar surface area (TPSA) is 67.2 Å². The summed E-state index contributed by atoms with van der Waals surface area (Å²) in [6.45, 7) is 2.10. The maximum Gasteiger partial charge on any atom is 0.227 e. The minimum Gasteiger partial charge on any atom is -0.435 e. The first-order valence-electron chi connectivity index (χ1n) is 8.93. The highest BCUT2D eigenvalue weighted by Crippen LogP contribution is 2.32. The Morgan fingerprint density at radius 3 is 2.64 bits per heavy atom. The highest BCUT2D eigenvalue weighted by atomic mass is 35.5. The van der Waals surface area contributed by atoms with E-state index in [0.717, 1.165) is 30.5 Å². The summed E-state index contributed by atoms with van der Waals surface area (Å²) in [5.41, 5.74) is 2.63. The van der Waals surface area contributed by atoms with Gasteiger partial charge in [0.25, 0.3) is 0 Å². The van der Waals surface area contributed by atoms with Crippen LogP contribution in [-0.4, -0.2) is 16.0 Å². The van der Waals surface area contributed by atoms with E-state index in [2.05, 4.69) is 22.5 Å². The van der Waals surface area contributed by atoms with Gasteiger partial charge in [0.15, 0.2) is 10.7 Å². The molecular weight excluding hydrogens is 417 g/mol. The van der Waals surface area contributed by atoms with Gasteiger partial charge in [-0.15, -0.1) is 0 Å². The van der Waals surface area contributed by atoms with Crippen molar-refractivity contribution in [2.75, 3.05) is 5.32 Å². The van der Waals surface area contributed by atoms with Crippen LogP contribution < -0.4 is 10.6 Å². The minimum atomic E-state index is -0.0791. The lowest BCUT2D eigenvalue weighted by molar-refractivity contribution is -0.119. The fourth-order valence-corrected chi connectivity index (χ4v) is 3.42. The second kappa shape index (κ2) is 9.37. The molecule has 0 fully saturated rings. The van der Waals surface area contributed by atoms with Crippen molar-refractivity contribution in [2.24, 2.45) is 0 Å². The zero-order chi connectivity index (χ0) is 20.1. The van der Waals surface area contributed by atoms with Gasteiger partial charge in [-0.25, -0.2) is 4.98 Å². The molecule has 3 aromatic rings. The maximum absolute atomic E-state index is 11.8. The van der Waals surface area contributed by atoms with Crippen LogP contribution in [0, 0.1) is 0 Å². The van der Waals surface area contributed by atoms with Gasteiger partial charge in [0.05, 0.1) is 5.02 Å². The Bertz CT molecular complexity index is 1000. The lowest BCUT2D eigenvalue weighted by Gasteiger charge is -2.09. The van der Waals surface area contributed by atoms with Crippen molar-refractivity contribution >= 4 is 63.2 Å². The van der Waals surface area contributed by atoms with Gasteiger partial charge in [-0.05, 0) is 55.0 Å². The van der Waals surface area contributed by atoms with E-state index in [0.29, 0.717) is 33.5 Å². The SMILES string of the molecule is CCCCCC(=O)NC(=S)Nc1ccc(-c2nc3cc(Cl)cc(Cl)c3o2)cc1. The molecule has 8 heteroatoms. The molecule has 0 spiro atoms. The Hall–Kier alpha value is -2.15. The van der Waals surface area contributed by atoms with Crippen LogP contribution >= 0.6 is 35.4 Å². The van der Waals surface area contributed by atoms with Crippen molar-refractivity contribution < 1.29 is 9.21 Å². The largest absolute Gasteiger partial charge is 0.435 e. The number of amides is 1. The van der Waals surface area contributed by atoms with E-state index < -0.39 is 0 Å². The second-order valence-corrected chi connectivity index (χ2v) is 7.54. The van der Waals surface area contributed by atoms with Gasteiger partial charge in [0.1, 0.15) is 5.52 Å². The normalized spacial score (nSPS) is 10.8. The van der Waals surface area contributed by atoms with Gasteiger partial charge >= 0.3 is 0 Å². The molecule has 0 aliphatic heterocycles. The van der Waals surface area contributed by atoms with Crippen LogP contribution in [0.2, 0.25) is 10.0 Å². The molecule has 1 aromatic heterocycles. The molecule has 0 saturated heterocycles. The van der Waals surface area contributed by atoms with E-state index >= 15 is 0 Å². The molecule has 0 bridgehead atoms. The smallest absolute Gasteiger partial charge is 0.227 e. The molecule has 1 amide bonds. The van der Waals surface area contributed by atoms with Gasteiger partial charge in [0.2, 0.25) is 11.8 Å². The Morgan fingerprint density at radius 1 is 1.18 bits per heavy atom. The predicted octanol–water partition coefficient (Wildman–Crippen LogP) is 6.19. The first-order chi connectivity index (χ1) is 13.5. The van der Waals surface area contributed by atoms with Crippen molar-refractivity contribution in [3.8, 4) is 11.5 Å². The standard InChI is InChI=1S/C20H19Cl2N3O2S/c1-2-3-4-5-17(26)25-20(28)23-14-8-6-12(7-9-14)19-24-16-11-13(21)10-15(22)18(16)27-19/h6-11H,2-5H2,1H3,(H2,23,25,26,28). The molecule has 5 nitrogen and oxygen atoms in total. The molecule has 146 valence electrons. The Kier molecular flexibility index (Phi) is 6.88. The molecule has 0 aliphatic rings. The van der Waals surface area contributed by atoms with E-state index in [9.17, 15) is 4.79 Å². The molecule has 3 rings (SSSR count). The monoisotopic (exact) mass is 435 g/mol. The van der Waals surface area contributed by atoms with Crippen molar-refractivity contribution in [3.05, 3.63) is 46.4 Å². The van der Waals surface area contributed by atoms with Crippen LogP contribution in [0.5, 0.6) is 0 Å². The van der Waals surface area contributed by atoms with Crippen molar-refractivity contribution in [2.45, 2.75) is 32.6 Å². The number of carbonyl (C=O) groups excluding carboxylic acids is 1. The van der Waals surface area contributed by atoms with Gasteiger partial charge in [0, 0.05) is 22.7 Å². The van der Waals surface area contributed by atoms with Gasteiger partial charge in [-0.3, -0.25) is 4.79 Å². The molecule has 0 atom stereocenters. The van der Waals surface area contributed by atoms with E-state index in [4.69, 9.17) is 39.8 Å². The first kappa shape index (κ1) is 20.6. The van der Waals surface area contributed by atoms with Crippen molar-refractivity contribution in [1.82, 2.24) is 10.3 Å². The molecule has 2 N–H and O–H groups in total. The summed E-state index contributed by atoms with van der Waals surface area (Å²) in [6, 6.07) is 10.7. The first-order valence-corrected chi connectivity index (χ1v) is 10.1. The third-order valence-corrected chi connectivity index (χ3v) is 4.76. The van der Waals surface area contributed by atoms with Crippen LogP contribution in [0.4, 0.5) is 5.69 Å². The van der Waals surface area contributed by atoms with Gasteiger partial charge in [-0.1, -0.05) is 43.0 Å². The number of rotatable bonds is 6. The number of thiocarbonyl (C=S) groups is 1. The number of hydrogen-bond acceptors (Lipinski definition) is 4. The van der Waals surface area contributed by atoms with Crippen LogP contribution in [0.3, 0.4) is 0 Å². The molecule has 0 radical (unpaired) electrons. The zero-order valence-corrected chi connectivity index (χ0v) is 17.5. The van der Waals surface area contributed by atoms with E-state index in [1.165, 1.54) is 0 Å². The quantitative estimate of drug-likeness (QED) is 0.356. The van der Waals surface area contributed by atoms with Crippen molar-refractivity contribution in [1.29, 1.82) is 0 Å². The summed E-state index contributed by atoms with van der Waals surface area (Å²) >= 11 is 17.3. The third kappa shape index (κ3) is 5.22. The highest BCUT2D eigenvalue weighted by molar-refractivity contribution is 7.80. The van der Waals surface area contributed by atoms with Crippen LogP contribution in [0.25, 0.3) is 22.6 Å². The number of carbonyl (C=O) groups is 1. The van der Waals surface area contributed by atoms with E-state index in [1.54, 1.807) is 12.1 Å². The summed E-state index contributed by atoms with van der Waals surface area (Å²) in [4.78, 5) is 16.2. The predicted molar refractivity (Wildman–Crippen MR) is 118 cm³/mol. The Morgan fingerprint density at radius 2 is 1.93 bits per heavy atom. The maximum atomic E-state index is 11.8. The van der Waals surface area contributed by atoms with Crippen molar-refractivity contribution in [3.63, 3.8) is 0 Å². The van der Waals surface area contributed by atoms with Crippen LogP contribution in [-0.2, 0) is 4.79 Å².